The van der Waals surface area contributed by atoms with Gasteiger partial charge in [0.25, 0.3) is 0 Å². The van der Waals surface area contributed by atoms with Gasteiger partial charge in [-0.2, -0.15) is 18.2 Å². The Morgan fingerprint density at radius 2 is 1.89 bits per heavy atom. The first-order chi connectivity index (χ1) is 16.5. The average molecular weight is 503 g/mol. The second kappa shape index (κ2) is 10.1. The van der Waals surface area contributed by atoms with Crippen molar-refractivity contribution in [1.82, 2.24) is 9.97 Å². The highest BCUT2D eigenvalue weighted by molar-refractivity contribution is 7.98. The number of nitrogens with one attached hydrogen (secondary N) is 1. The second-order valence-electron chi connectivity index (χ2n) is 9.39. The molecule has 0 radical (unpaired) electrons. The first-order valence-corrected chi connectivity index (χ1v) is 12.5. The van der Waals surface area contributed by atoms with Crippen molar-refractivity contribution >= 4 is 29.2 Å². The van der Waals surface area contributed by atoms with Crippen LogP contribution in [-0.2, 0) is 11.9 Å². The van der Waals surface area contributed by atoms with E-state index >= 15 is 0 Å². The standard InChI is InChI=1S/C26H29F3N4OS/c1-17-13-20(35-16-18-7-5-4-6-8-18)9-10-22(17)31-24-30-14-21(26(27,28)29)23(32-24)33-12-11-19(15-33)25(2,3)34/h4-10,13-14,19,34H,11-12,15-16H2,1-3H3,(H,30,31,32)/t19-/m0/s1. The first-order valence-electron chi connectivity index (χ1n) is 11.5. The minimum Gasteiger partial charge on any atom is -0.390 e. The van der Waals surface area contributed by atoms with Crippen LogP contribution in [-0.4, -0.2) is 33.8 Å². The molecule has 0 aliphatic carbocycles. The Kier molecular flexibility index (Phi) is 7.28. The van der Waals surface area contributed by atoms with Crippen molar-refractivity contribution < 1.29 is 18.3 Å². The van der Waals surface area contributed by atoms with Gasteiger partial charge in [-0.05, 0) is 56.5 Å². The normalized spacial score (nSPS) is 16.5. The van der Waals surface area contributed by atoms with Crippen LogP contribution in [0.1, 0.15) is 37.0 Å². The summed E-state index contributed by atoms with van der Waals surface area (Å²) < 4.78 is 41.1. The van der Waals surface area contributed by atoms with Gasteiger partial charge in [0.05, 0.1) is 5.60 Å². The van der Waals surface area contributed by atoms with Gasteiger partial charge in [-0.25, -0.2) is 4.98 Å². The maximum Gasteiger partial charge on any atom is 0.421 e. The van der Waals surface area contributed by atoms with Crippen LogP contribution in [0.5, 0.6) is 0 Å². The van der Waals surface area contributed by atoms with Gasteiger partial charge in [0.2, 0.25) is 5.95 Å². The molecule has 186 valence electrons. The molecule has 0 bridgehead atoms. The Morgan fingerprint density at radius 1 is 1.14 bits per heavy atom. The minimum atomic E-state index is -4.58. The third-order valence-electron chi connectivity index (χ3n) is 6.25. The molecular weight excluding hydrogens is 473 g/mol. The number of halogens is 3. The van der Waals surface area contributed by atoms with E-state index in [1.165, 1.54) is 5.56 Å². The Morgan fingerprint density at radius 3 is 2.51 bits per heavy atom. The van der Waals surface area contributed by atoms with Crippen molar-refractivity contribution in [2.75, 3.05) is 23.3 Å². The summed E-state index contributed by atoms with van der Waals surface area (Å²) in [6, 6.07) is 16.1. The van der Waals surface area contributed by atoms with Crippen LogP contribution in [0.25, 0.3) is 0 Å². The van der Waals surface area contributed by atoms with Gasteiger partial charge in [0.1, 0.15) is 11.4 Å². The van der Waals surface area contributed by atoms with Gasteiger partial charge in [-0.3, -0.25) is 0 Å². The van der Waals surface area contributed by atoms with Gasteiger partial charge in [0.15, 0.2) is 0 Å². The summed E-state index contributed by atoms with van der Waals surface area (Å²) in [6.07, 6.45) is -3.15. The Hall–Kier alpha value is -2.78. The molecule has 1 atom stereocenters. The second-order valence-corrected chi connectivity index (χ2v) is 10.4. The van der Waals surface area contributed by atoms with E-state index in [1.807, 2.05) is 43.3 Å². The highest BCUT2D eigenvalue weighted by Gasteiger charge is 2.40. The van der Waals surface area contributed by atoms with E-state index in [4.69, 9.17) is 0 Å². The van der Waals surface area contributed by atoms with Crippen LogP contribution in [0, 0.1) is 12.8 Å². The predicted octanol–water partition coefficient (Wildman–Crippen LogP) is 6.44. The van der Waals surface area contributed by atoms with Crippen LogP contribution in [0.4, 0.5) is 30.6 Å². The van der Waals surface area contributed by atoms with Crippen molar-refractivity contribution in [1.29, 1.82) is 0 Å². The number of hydrogen-bond acceptors (Lipinski definition) is 6. The molecule has 3 aromatic rings. The van der Waals surface area contributed by atoms with E-state index in [1.54, 1.807) is 30.5 Å². The largest absolute Gasteiger partial charge is 0.421 e. The van der Waals surface area contributed by atoms with Crippen molar-refractivity contribution in [2.45, 2.75) is 49.6 Å². The lowest BCUT2D eigenvalue weighted by molar-refractivity contribution is -0.137. The topological polar surface area (TPSA) is 61.3 Å². The maximum absolute atomic E-state index is 13.7. The average Bonchev–Trinajstić information content (AvgIpc) is 3.30. The molecule has 2 N–H and O–H groups in total. The summed E-state index contributed by atoms with van der Waals surface area (Å²) >= 11 is 1.72. The molecule has 0 spiro atoms. The molecule has 0 unspecified atom stereocenters. The Balaban J connectivity index is 1.53. The summed E-state index contributed by atoms with van der Waals surface area (Å²) in [6.45, 7) is 6.00. The predicted molar refractivity (Wildman–Crippen MR) is 134 cm³/mol. The molecule has 1 aromatic heterocycles. The SMILES string of the molecule is Cc1cc(SCc2ccccc2)ccc1Nc1ncc(C(F)(F)F)c(N2CC[C@H](C(C)(C)O)C2)n1. The number of thioether (sulfide) groups is 1. The smallest absolute Gasteiger partial charge is 0.390 e. The number of alkyl halides is 3. The molecule has 1 fully saturated rings. The number of aliphatic hydroxyl groups is 1. The van der Waals surface area contributed by atoms with Crippen LogP contribution >= 0.6 is 11.8 Å². The zero-order valence-electron chi connectivity index (χ0n) is 19.9. The lowest BCUT2D eigenvalue weighted by atomic mass is 9.90. The molecule has 5 nitrogen and oxygen atoms in total. The van der Waals surface area contributed by atoms with E-state index in [2.05, 4.69) is 27.4 Å². The lowest BCUT2D eigenvalue weighted by Gasteiger charge is -2.27. The van der Waals surface area contributed by atoms with Gasteiger partial charge >= 0.3 is 6.18 Å². The Bertz CT molecular complexity index is 1170. The molecule has 4 rings (SSSR count). The van der Waals surface area contributed by atoms with E-state index in [-0.39, 0.29) is 17.7 Å². The fourth-order valence-electron chi connectivity index (χ4n) is 4.13. The number of aryl methyl sites for hydroxylation is 1. The summed E-state index contributed by atoms with van der Waals surface area (Å²) in [4.78, 5) is 10.9. The highest BCUT2D eigenvalue weighted by atomic mass is 32.2. The molecule has 2 heterocycles. The molecule has 0 amide bonds. The molecule has 0 saturated carbocycles. The van der Waals surface area contributed by atoms with E-state index < -0.39 is 17.3 Å². The van der Waals surface area contributed by atoms with Crippen LogP contribution < -0.4 is 10.2 Å². The lowest BCUT2D eigenvalue weighted by Crippen LogP contribution is -2.34. The number of anilines is 3. The number of nitrogens with zero attached hydrogens (tertiary/aromatic N) is 3. The zero-order valence-corrected chi connectivity index (χ0v) is 20.7. The molecule has 9 heteroatoms. The molecule has 2 aromatic carbocycles. The number of aromatic nitrogens is 2. The number of hydrogen-bond donors (Lipinski definition) is 2. The van der Waals surface area contributed by atoms with Gasteiger partial charge in [0, 0.05) is 41.5 Å². The highest BCUT2D eigenvalue weighted by Crippen LogP contribution is 2.39. The van der Waals surface area contributed by atoms with Gasteiger partial charge in [-0.1, -0.05) is 30.3 Å². The quantitative estimate of drug-likeness (QED) is 0.363. The summed E-state index contributed by atoms with van der Waals surface area (Å²) in [7, 11) is 0. The van der Waals surface area contributed by atoms with E-state index in [9.17, 15) is 18.3 Å². The number of benzene rings is 2. The van der Waals surface area contributed by atoms with E-state index in [0.717, 1.165) is 28.1 Å². The van der Waals surface area contributed by atoms with Crippen molar-refractivity contribution in [3.8, 4) is 0 Å². The summed E-state index contributed by atoms with van der Waals surface area (Å²) in [5, 5.41) is 13.4. The fourth-order valence-corrected chi connectivity index (χ4v) is 5.08. The van der Waals surface area contributed by atoms with Crippen LogP contribution in [0.15, 0.2) is 59.6 Å². The zero-order chi connectivity index (χ0) is 25.2. The van der Waals surface area contributed by atoms with Crippen molar-refractivity contribution in [3.63, 3.8) is 0 Å². The molecule has 1 aliphatic rings. The first kappa shape index (κ1) is 25.3. The van der Waals surface area contributed by atoms with E-state index in [0.29, 0.717) is 19.5 Å². The van der Waals surface area contributed by atoms with Crippen LogP contribution in [0.2, 0.25) is 0 Å². The van der Waals surface area contributed by atoms with Crippen LogP contribution in [0.3, 0.4) is 0 Å². The molecule has 1 aliphatic heterocycles. The van der Waals surface area contributed by atoms with Crippen molar-refractivity contribution in [2.24, 2.45) is 5.92 Å². The maximum atomic E-state index is 13.7. The van der Waals surface area contributed by atoms with Crippen molar-refractivity contribution in [3.05, 3.63) is 71.4 Å². The molecule has 35 heavy (non-hydrogen) atoms. The van der Waals surface area contributed by atoms with Gasteiger partial charge < -0.3 is 15.3 Å². The third-order valence-corrected chi connectivity index (χ3v) is 7.32. The van der Waals surface area contributed by atoms with Gasteiger partial charge in [-0.15, -0.1) is 11.8 Å². The fraction of sp³-hybridized carbons (Fsp3) is 0.385. The third kappa shape index (κ3) is 6.27. The summed E-state index contributed by atoms with van der Waals surface area (Å²) in [5.41, 5.74) is 1.06. The number of rotatable bonds is 7. The molecular formula is C26H29F3N4OS. The monoisotopic (exact) mass is 502 g/mol. The summed E-state index contributed by atoms with van der Waals surface area (Å²) in [5.74, 6) is 0.653. The minimum absolute atomic E-state index is 0.104. The molecule has 1 saturated heterocycles. The Labute approximate surface area is 207 Å².